The first-order valence-corrected chi connectivity index (χ1v) is 12.7. The summed E-state index contributed by atoms with van der Waals surface area (Å²) < 4.78 is 14.8. The molecule has 1 fully saturated rings. The van der Waals surface area contributed by atoms with Crippen molar-refractivity contribution in [2.24, 2.45) is 0 Å². The number of hydrogen-bond acceptors (Lipinski definition) is 13. The van der Waals surface area contributed by atoms with E-state index in [1.165, 1.54) is 30.3 Å². The molecule has 1 aliphatic rings. The molecule has 4 rings (SSSR count). The maximum absolute atomic E-state index is 13.3. The predicted molar refractivity (Wildman–Crippen MR) is 145 cm³/mol. The minimum absolute atomic E-state index is 0.00937. The van der Waals surface area contributed by atoms with E-state index < -0.39 is 82.5 Å². The van der Waals surface area contributed by atoms with Crippen LogP contribution in [-0.4, -0.2) is 82.1 Å². The molecule has 3 aromatic carbocycles. The second-order valence-corrected chi connectivity index (χ2v) is 9.33. The van der Waals surface area contributed by atoms with Gasteiger partial charge in [0.1, 0.15) is 34.7 Å². The zero-order chi connectivity index (χ0) is 31.3. The molecule has 1 heterocycles. The lowest BCUT2D eigenvalue weighted by Gasteiger charge is -2.21. The number of carbonyl (C=O) groups is 5. The van der Waals surface area contributed by atoms with Crippen LogP contribution in [0.25, 0.3) is 0 Å². The van der Waals surface area contributed by atoms with Crippen LogP contribution in [0.4, 0.5) is 0 Å². The monoisotopic (exact) mass is 594 g/mol. The fraction of sp³-hybridized carbons (Fsp3) is 0.207. The Hall–Kier alpha value is -5.63. The van der Waals surface area contributed by atoms with E-state index in [1.54, 1.807) is 0 Å². The molecular weight excluding hydrogens is 568 g/mol. The van der Waals surface area contributed by atoms with Gasteiger partial charge in [-0.3, -0.25) is 14.4 Å². The van der Waals surface area contributed by atoms with E-state index in [0.717, 1.165) is 31.2 Å². The van der Waals surface area contributed by atoms with E-state index in [1.807, 2.05) is 0 Å². The van der Waals surface area contributed by atoms with Crippen LogP contribution in [0.2, 0.25) is 0 Å². The smallest absolute Gasteiger partial charge is 0.341 e. The number of ether oxygens (including phenoxy) is 3. The Balaban J connectivity index is 1.50. The topological polar surface area (TPSA) is 218 Å². The second-order valence-electron chi connectivity index (χ2n) is 9.33. The molecular formula is C29H26N2O12. The van der Waals surface area contributed by atoms with Gasteiger partial charge in [0.2, 0.25) is 12.6 Å². The Morgan fingerprint density at radius 2 is 1.49 bits per heavy atom. The number of phenols is 4. The van der Waals surface area contributed by atoms with Gasteiger partial charge in [-0.05, 0) is 48.5 Å². The zero-order valence-corrected chi connectivity index (χ0v) is 22.5. The van der Waals surface area contributed by atoms with Crippen molar-refractivity contribution in [3.8, 4) is 23.0 Å². The summed E-state index contributed by atoms with van der Waals surface area (Å²) in [5, 5.41) is 46.7. The lowest BCUT2D eigenvalue weighted by atomic mass is 9.95. The summed E-state index contributed by atoms with van der Waals surface area (Å²) in [5.41, 5.74) is -1.86. The van der Waals surface area contributed by atoms with Gasteiger partial charge in [0, 0.05) is 25.6 Å². The van der Waals surface area contributed by atoms with E-state index in [2.05, 4.69) is 15.4 Å². The Morgan fingerprint density at radius 1 is 0.814 bits per heavy atom. The third-order valence-corrected chi connectivity index (χ3v) is 6.36. The van der Waals surface area contributed by atoms with Crippen molar-refractivity contribution < 1.29 is 58.6 Å². The third kappa shape index (κ3) is 7.00. The highest BCUT2D eigenvalue weighted by Gasteiger charge is 2.33. The number of phenolic OH excluding ortho intramolecular Hbond substituents is 4. The molecule has 0 unspecified atom stereocenters. The van der Waals surface area contributed by atoms with Crippen molar-refractivity contribution in [3.05, 3.63) is 82.4 Å². The molecule has 1 amide bonds. The molecule has 0 bridgehead atoms. The summed E-state index contributed by atoms with van der Waals surface area (Å²) in [4.78, 5) is 62.2. The summed E-state index contributed by atoms with van der Waals surface area (Å²) in [6, 6.07) is 10.1. The van der Waals surface area contributed by atoms with Crippen LogP contribution in [-0.2, 0) is 19.0 Å². The molecule has 1 aliphatic heterocycles. The van der Waals surface area contributed by atoms with E-state index in [9.17, 15) is 44.4 Å². The summed E-state index contributed by atoms with van der Waals surface area (Å²) in [6.45, 7) is 0.785. The minimum atomic E-state index is -1.18. The maximum Gasteiger partial charge on any atom is 0.341 e. The standard InChI is InChI=1S/C29H26N2O12/c1-14(32)41-13-42-29(40)18-3-2-4-20(34)24(18)26(37)25-21(35)9-16(10-22(25)36)28(39)43-23-12-30-11-19(23)31-27(38)15-5-7-17(33)8-6-15/h2-10,19,23,30,33-36H,11-13H2,1H3,(H,31,38)/t19-,23-/m1/s1. The van der Waals surface area contributed by atoms with Crippen molar-refractivity contribution in [2.45, 2.75) is 19.1 Å². The zero-order valence-electron chi connectivity index (χ0n) is 22.5. The van der Waals surface area contributed by atoms with Crippen LogP contribution >= 0.6 is 0 Å². The van der Waals surface area contributed by atoms with Gasteiger partial charge in [0.25, 0.3) is 5.91 Å². The Labute approximate surface area is 243 Å². The number of ketones is 1. The van der Waals surface area contributed by atoms with Crippen LogP contribution in [0, 0.1) is 0 Å². The van der Waals surface area contributed by atoms with Gasteiger partial charge in [-0.25, -0.2) is 9.59 Å². The molecule has 1 saturated heterocycles. The number of esters is 3. The highest BCUT2D eigenvalue weighted by atomic mass is 16.7. The lowest BCUT2D eigenvalue weighted by molar-refractivity contribution is -0.149. The van der Waals surface area contributed by atoms with Gasteiger partial charge in [-0.1, -0.05) is 6.07 Å². The largest absolute Gasteiger partial charge is 0.508 e. The Morgan fingerprint density at radius 3 is 2.14 bits per heavy atom. The van der Waals surface area contributed by atoms with Crippen molar-refractivity contribution >= 4 is 29.6 Å². The van der Waals surface area contributed by atoms with Crippen LogP contribution in [0.5, 0.6) is 23.0 Å². The highest BCUT2D eigenvalue weighted by molar-refractivity contribution is 6.18. The highest BCUT2D eigenvalue weighted by Crippen LogP contribution is 2.35. The molecule has 6 N–H and O–H groups in total. The second kappa shape index (κ2) is 12.9. The fourth-order valence-electron chi connectivity index (χ4n) is 4.27. The molecule has 3 aromatic rings. The molecule has 14 heteroatoms. The average molecular weight is 595 g/mol. The van der Waals surface area contributed by atoms with E-state index >= 15 is 0 Å². The molecule has 0 saturated carbocycles. The first-order chi connectivity index (χ1) is 20.5. The molecule has 224 valence electrons. The quantitative estimate of drug-likeness (QED) is 0.117. The number of rotatable bonds is 9. The predicted octanol–water partition coefficient (Wildman–Crippen LogP) is 1.34. The van der Waals surface area contributed by atoms with Gasteiger partial charge < -0.3 is 45.3 Å². The number of hydrogen-bond donors (Lipinski definition) is 6. The van der Waals surface area contributed by atoms with Crippen LogP contribution in [0.1, 0.15) is 53.9 Å². The summed E-state index contributed by atoms with van der Waals surface area (Å²) in [5.74, 6) is -6.91. The Bertz CT molecular complexity index is 1560. The maximum atomic E-state index is 13.3. The van der Waals surface area contributed by atoms with Crippen LogP contribution < -0.4 is 10.6 Å². The Kier molecular flexibility index (Phi) is 9.11. The van der Waals surface area contributed by atoms with Crippen LogP contribution in [0.3, 0.4) is 0 Å². The summed E-state index contributed by atoms with van der Waals surface area (Å²) in [6.07, 6.45) is -0.832. The number of amides is 1. The minimum Gasteiger partial charge on any atom is -0.508 e. The van der Waals surface area contributed by atoms with Gasteiger partial charge in [0.05, 0.1) is 22.7 Å². The SMILES string of the molecule is CC(=O)OCOC(=O)c1cccc(O)c1C(=O)c1c(O)cc(C(=O)O[C@@H]2CNC[C@H]2NC(=O)c2ccc(O)cc2)cc1O. The molecule has 0 aliphatic carbocycles. The van der Waals surface area contributed by atoms with E-state index in [-0.39, 0.29) is 30.0 Å². The van der Waals surface area contributed by atoms with Gasteiger partial charge >= 0.3 is 17.9 Å². The van der Waals surface area contributed by atoms with Crippen LogP contribution in [0.15, 0.2) is 54.6 Å². The van der Waals surface area contributed by atoms with Crippen molar-refractivity contribution in [3.63, 3.8) is 0 Å². The fourth-order valence-corrected chi connectivity index (χ4v) is 4.27. The number of benzene rings is 3. The number of nitrogens with one attached hydrogen (secondary N) is 2. The number of carbonyl (C=O) groups excluding carboxylic acids is 5. The van der Waals surface area contributed by atoms with Gasteiger partial charge in [-0.2, -0.15) is 0 Å². The van der Waals surface area contributed by atoms with Gasteiger partial charge in [-0.15, -0.1) is 0 Å². The number of aromatic hydroxyl groups is 4. The molecule has 14 nitrogen and oxygen atoms in total. The summed E-state index contributed by atoms with van der Waals surface area (Å²) in [7, 11) is 0. The van der Waals surface area contributed by atoms with Gasteiger partial charge in [0.15, 0.2) is 0 Å². The molecule has 43 heavy (non-hydrogen) atoms. The lowest BCUT2D eigenvalue weighted by Crippen LogP contribution is -2.44. The first kappa shape index (κ1) is 30.3. The molecule has 0 radical (unpaired) electrons. The first-order valence-electron chi connectivity index (χ1n) is 12.7. The van der Waals surface area contributed by atoms with E-state index in [4.69, 9.17) is 9.47 Å². The van der Waals surface area contributed by atoms with Crippen molar-refractivity contribution in [2.75, 3.05) is 19.9 Å². The average Bonchev–Trinajstić information content (AvgIpc) is 3.38. The van der Waals surface area contributed by atoms with Crippen molar-refractivity contribution in [1.82, 2.24) is 10.6 Å². The molecule has 0 spiro atoms. The normalized spacial score (nSPS) is 15.7. The third-order valence-electron chi connectivity index (χ3n) is 6.36. The van der Waals surface area contributed by atoms with Crippen molar-refractivity contribution in [1.29, 1.82) is 0 Å². The molecule has 2 atom stereocenters. The molecule has 0 aromatic heterocycles. The summed E-state index contributed by atoms with van der Waals surface area (Å²) >= 11 is 0. The van der Waals surface area contributed by atoms with E-state index in [0.29, 0.717) is 0 Å².